The van der Waals surface area contributed by atoms with Crippen LogP contribution in [-0.2, 0) is 14.3 Å². The van der Waals surface area contributed by atoms with Crippen molar-refractivity contribution in [3.63, 3.8) is 0 Å². The first-order valence-corrected chi connectivity index (χ1v) is 9.29. The summed E-state index contributed by atoms with van der Waals surface area (Å²) in [7, 11) is 1.76. The van der Waals surface area contributed by atoms with Crippen LogP contribution >= 0.6 is 0 Å². The third-order valence-electron chi connectivity index (χ3n) is 5.46. The van der Waals surface area contributed by atoms with E-state index in [0.717, 1.165) is 64.2 Å². The molecule has 0 N–H and O–H groups in total. The molecule has 0 radical (unpaired) electrons. The summed E-state index contributed by atoms with van der Waals surface area (Å²) < 4.78 is 17.0. The lowest BCUT2D eigenvalue weighted by Crippen LogP contribution is -2.51. The number of hydrogen-bond donors (Lipinski definition) is 0. The maximum atomic E-state index is 12.4. The van der Waals surface area contributed by atoms with Gasteiger partial charge in [-0.15, -0.1) is 0 Å². The van der Waals surface area contributed by atoms with E-state index in [4.69, 9.17) is 14.2 Å². The van der Waals surface area contributed by atoms with Crippen LogP contribution in [0.5, 0.6) is 5.75 Å². The number of amides is 1. The first kappa shape index (κ1) is 18.2. The van der Waals surface area contributed by atoms with Crippen molar-refractivity contribution >= 4 is 5.91 Å². The first-order chi connectivity index (χ1) is 12.2. The highest BCUT2D eigenvalue weighted by Crippen LogP contribution is 2.38. The van der Waals surface area contributed by atoms with Crippen LogP contribution < -0.4 is 4.74 Å². The predicted octanol–water partition coefficient (Wildman–Crippen LogP) is 2.89. The Bertz CT molecular complexity index is 540. The minimum Gasteiger partial charge on any atom is -0.484 e. The smallest absolute Gasteiger partial charge is 0.260 e. The molecule has 0 saturated carbocycles. The maximum Gasteiger partial charge on any atom is 0.260 e. The van der Waals surface area contributed by atoms with Crippen LogP contribution in [0, 0.1) is 5.92 Å². The van der Waals surface area contributed by atoms with Crippen LogP contribution in [0.2, 0.25) is 0 Å². The Morgan fingerprint density at radius 1 is 1.28 bits per heavy atom. The lowest BCUT2D eigenvalue weighted by Gasteiger charge is -2.46. The van der Waals surface area contributed by atoms with Gasteiger partial charge < -0.3 is 19.1 Å². The normalized spacial score (nSPS) is 22.8. The van der Waals surface area contributed by atoms with Crippen LogP contribution in [0.25, 0.3) is 0 Å². The molecule has 1 unspecified atom stereocenters. The van der Waals surface area contributed by atoms with Crippen molar-refractivity contribution < 1.29 is 19.0 Å². The van der Waals surface area contributed by atoms with E-state index in [1.54, 1.807) is 7.11 Å². The minimum absolute atomic E-state index is 0.0340. The fraction of sp³-hybridized carbons (Fsp3) is 0.650. The number of benzene rings is 1. The SMILES string of the molecule is COCCC1CCOC2(CCN(C(=O)COc3ccccc3)CC2)C1. The molecule has 0 aromatic heterocycles. The molecule has 0 bridgehead atoms. The third kappa shape index (κ3) is 4.95. The Hall–Kier alpha value is -1.59. The number of ether oxygens (including phenoxy) is 3. The van der Waals surface area contributed by atoms with Crippen LogP contribution in [0.4, 0.5) is 0 Å². The molecule has 2 aliphatic rings. The number of nitrogens with zero attached hydrogens (tertiary/aromatic N) is 1. The number of para-hydroxylation sites is 1. The summed E-state index contributed by atoms with van der Waals surface area (Å²) in [5.41, 5.74) is -0.0340. The predicted molar refractivity (Wildman–Crippen MR) is 95.7 cm³/mol. The zero-order chi connectivity index (χ0) is 17.5. The summed E-state index contributed by atoms with van der Waals surface area (Å²) in [6.07, 6.45) is 5.17. The van der Waals surface area contributed by atoms with Gasteiger partial charge in [0.25, 0.3) is 5.91 Å². The van der Waals surface area contributed by atoms with E-state index >= 15 is 0 Å². The molecule has 1 amide bonds. The number of piperidine rings is 1. The molecule has 5 heteroatoms. The average Bonchev–Trinajstić information content (AvgIpc) is 2.66. The number of hydrogen-bond acceptors (Lipinski definition) is 4. The van der Waals surface area contributed by atoms with Gasteiger partial charge in [0.15, 0.2) is 6.61 Å². The molecular formula is C20H29NO4. The molecule has 25 heavy (non-hydrogen) atoms. The average molecular weight is 347 g/mol. The van der Waals surface area contributed by atoms with Gasteiger partial charge in [-0.05, 0) is 50.2 Å². The second kappa shape index (κ2) is 8.68. The highest BCUT2D eigenvalue weighted by molar-refractivity contribution is 5.77. The van der Waals surface area contributed by atoms with Crippen molar-refractivity contribution in [1.29, 1.82) is 0 Å². The van der Waals surface area contributed by atoms with Gasteiger partial charge in [0, 0.05) is 33.4 Å². The zero-order valence-electron chi connectivity index (χ0n) is 15.1. The summed E-state index contributed by atoms with van der Waals surface area (Å²) in [6, 6.07) is 9.49. The monoisotopic (exact) mass is 347 g/mol. The fourth-order valence-corrected chi connectivity index (χ4v) is 3.93. The largest absolute Gasteiger partial charge is 0.484 e. The highest BCUT2D eigenvalue weighted by atomic mass is 16.5. The van der Waals surface area contributed by atoms with E-state index < -0.39 is 0 Å². The number of methoxy groups -OCH3 is 1. The third-order valence-corrected chi connectivity index (χ3v) is 5.46. The maximum absolute atomic E-state index is 12.4. The Labute approximate surface area is 150 Å². The Balaban J connectivity index is 1.45. The second-order valence-electron chi connectivity index (χ2n) is 7.15. The number of rotatable bonds is 6. The summed E-state index contributed by atoms with van der Waals surface area (Å²) in [5.74, 6) is 1.48. The zero-order valence-corrected chi connectivity index (χ0v) is 15.1. The molecule has 138 valence electrons. The fourth-order valence-electron chi connectivity index (χ4n) is 3.93. The van der Waals surface area contributed by atoms with Crippen LogP contribution in [0.1, 0.15) is 32.1 Å². The van der Waals surface area contributed by atoms with E-state index in [-0.39, 0.29) is 18.1 Å². The van der Waals surface area contributed by atoms with Crippen LogP contribution in [-0.4, -0.2) is 56.4 Å². The number of carbonyl (C=O) groups is 1. The standard InChI is InChI=1S/C20H29NO4/c1-23-13-7-17-8-14-25-20(15-17)9-11-21(12-10-20)19(22)16-24-18-5-3-2-4-6-18/h2-6,17H,7-16H2,1H3. The molecule has 1 spiro atoms. The number of carbonyl (C=O) groups excluding carboxylic acids is 1. The second-order valence-corrected chi connectivity index (χ2v) is 7.15. The summed E-state index contributed by atoms with van der Waals surface area (Å²) in [4.78, 5) is 14.3. The van der Waals surface area contributed by atoms with Gasteiger partial charge in [0.2, 0.25) is 0 Å². The molecule has 5 nitrogen and oxygen atoms in total. The Morgan fingerprint density at radius 2 is 2.04 bits per heavy atom. The van der Waals surface area contributed by atoms with Gasteiger partial charge in [-0.3, -0.25) is 4.79 Å². The van der Waals surface area contributed by atoms with Crippen molar-refractivity contribution in [2.24, 2.45) is 5.92 Å². The van der Waals surface area contributed by atoms with Gasteiger partial charge >= 0.3 is 0 Å². The van der Waals surface area contributed by atoms with E-state index in [1.807, 2.05) is 35.2 Å². The molecule has 1 aromatic rings. The van der Waals surface area contributed by atoms with Crippen molar-refractivity contribution in [1.82, 2.24) is 4.90 Å². The lowest BCUT2D eigenvalue weighted by atomic mass is 9.78. The molecule has 1 aromatic carbocycles. The van der Waals surface area contributed by atoms with Crippen molar-refractivity contribution in [3.05, 3.63) is 30.3 Å². The van der Waals surface area contributed by atoms with Crippen molar-refractivity contribution in [3.8, 4) is 5.75 Å². The molecule has 2 fully saturated rings. The van der Waals surface area contributed by atoms with Crippen molar-refractivity contribution in [2.75, 3.05) is 40.0 Å². The summed E-state index contributed by atoms with van der Waals surface area (Å²) >= 11 is 0. The van der Waals surface area contributed by atoms with Gasteiger partial charge in [-0.2, -0.15) is 0 Å². The van der Waals surface area contributed by atoms with Gasteiger partial charge in [0.1, 0.15) is 5.75 Å². The molecule has 3 rings (SSSR count). The molecule has 2 saturated heterocycles. The Morgan fingerprint density at radius 3 is 2.76 bits per heavy atom. The quantitative estimate of drug-likeness (QED) is 0.794. The van der Waals surface area contributed by atoms with E-state index in [0.29, 0.717) is 5.92 Å². The molecule has 2 heterocycles. The minimum atomic E-state index is -0.0340. The van der Waals surface area contributed by atoms with Gasteiger partial charge in [-0.25, -0.2) is 0 Å². The molecule has 1 atom stereocenters. The lowest BCUT2D eigenvalue weighted by molar-refractivity contribution is -0.149. The van der Waals surface area contributed by atoms with Crippen LogP contribution in [0.15, 0.2) is 30.3 Å². The first-order valence-electron chi connectivity index (χ1n) is 9.29. The molecule has 0 aliphatic carbocycles. The van der Waals surface area contributed by atoms with E-state index in [9.17, 15) is 4.79 Å². The van der Waals surface area contributed by atoms with Gasteiger partial charge in [-0.1, -0.05) is 18.2 Å². The Kier molecular flexibility index (Phi) is 6.32. The summed E-state index contributed by atoms with van der Waals surface area (Å²) in [6.45, 7) is 3.28. The van der Waals surface area contributed by atoms with Gasteiger partial charge in [0.05, 0.1) is 5.60 Å². The number of likely N-dealkylation sites (tertiary alicyclic amines) is 1. The topological polar surface area (TPSA) is 48.0 Å². The van der Waals surface area contributed by atoms with Crippen LogP contribution in [0.3, 0.4) is 0 Å². The van der Waals surface area contributed by atoms with Crippen molar-refractivity contribution in [2.45, 2.75) is 37.7 Å². The van der Waals surface area contributed by atoms with E-state index in [2.05, 4.69) is 0 Å². The highest BCUT2D eigenvalue weighted by Gasteiger charge is 2.40. The van der Waals surface area contributed by atoms with E-state index in [1.165, 1.54) is 0 Å². The molecular weight excluding hydrogens is 318 g/mol. The molecule has 2 aliphatic heterocycles. The summed E-state index contributed by atoms with van der Waals surface area (Å²) in [5, 5.41) is 0.